The van der Waals surface area contributed by atoms with Gasteiger partial charge in [0.15, 0.2) is 18.2 Å². The van der Waals surface area contributed by atoms with E-state index >= 15 is 0 Å². The lowest BCUT2D eigenvalue weighted by Crippen LogP contribution is -2.30. The third-order valence-corrected chi connectivity index (χ3v) is 6.20. The SMILES string of the molecule is COc1cc2c(c(C#N)n1)CC(CNCCC1CN(c3ccc4c(n3)NC(=O)CO4)C(=O)O1)C2. The van der Waals surface area contributed by atoms with E-state index in [0.29, 0.717) is 54.4 Å². The number of carbonyl (C=O) groups excluding carboxylic acids is 2. The van der Waals surface area contributed by atoms with Gasteiger partial charge in [-0.05, 0) is 61.5 Å². The summed E-state index contributed by atoms with van der Waals surface area (Å²) in [5, 5.41) is 15.5. The number of rotatable bonds is 7. The van der Waals surface area contributed by atoms with Gasteiger partial charge in [0.25, 0.3) is 5.91 Å². The topological polar surface area (TPSA) is 139 Å². The molecule has 1 fully saturated rings. The molecule has 5 rings (SSSR count). The summed E-state index contributed by atoms with van der Waals surface area (Å²) in [6.45, 7) is 1.81. The minimum atomic E-state index is -0.461. The Morgan fingerprint density at radius 1 is 1.32 bits per heavy atom. The van der Waals surface area contributed by atoms with Gasteiger partial charge in [-0.2, -0.15) is 5.26 Å². The summed E-state index contributed by atoms with van der Waals surface area (Å²) >= 11 is 0. The van der Waals surface area contributed by atoms with Crippen LogP contribution in [-0.2, 0) is 22.4 Å². The summed E-state index contributed by atoms with van der Waals surface area (Å²) in [5.74, 6) is 1.75. The van der Waals surface area contributed by atoms with Gasteiger partial charge in [-0.25, -0.2) is 14.8 Å². The zero-order chi connectivity index (χ0) is 23.7. The predicted molar refractivity (Wildman–Crippen MR) is 120 cm³/mol. The van der Waals surface area contributed by atoms with Crippen molar-refractivity contribution in [2.24, 2.45) is 5.92 Å². The van der Waals surface area contributed by atoms with Gasteiger partial charge in [-0.3, -0.25) is 9.69 Å². The fourth-order valence-electron chi connectivity index (χ4n) is 4.55. The number of methoxy groups -OCH3 is 1. The molecular formula is C23H24N6O5. The number of aromatic nitrogens is 2. The van der Waals surface area contributed by atoms with Crippen LogP contribution < -0.4 is 25.0 Å². The molecule has 4 heterocycles. The number of amides is 2. The highest BCUT2D eigenvalue weighted by atomic mass is 16.6. The Morgan fingerprint density at radius 3 is 3.03 bits per heavy atom. The van der Waals surface area contributed by atoms with E-state index in [0.717, 1.165) is 30.5 Å². The third-order valence-electron chi connectivity index (χ3n) is 6.20. The van der Waals surface area contributed by atoms with Crippen molar-refractivity contribution in [1.82, 2.24) is 15.3 Å². The van der Waals surface area contributed by atoms with E-state index in [1.807, 2.05) is 6.07 Å². The zero-order valence-corrected chi connectivity index (χ0v) is 18.7. The second-order valence-electron chi connectivity index (χ2n) is 8.50. The Morgan fingerprint density at radius 2 is 2.21 bits per heavy atom. The average molecular weight is 464 g/mol. The average Bonchev–Trinajstić information content (AvgIpc) is 3.43. The number of carbonyl (C=O) groups is 2. The molecule has 11 nitrogen and oxygen atoms in total. The number of hydrogen-bond donors (Lipinski definition) is 2. The van der Waals surface area contributed by atoms with Crippen molar-refractivity contribution < 1.29 is 23.8 Å². The van der Waals surface area contributed by atoms with Crippen molar-refractivity contribution in [2.45, 2.75) is 25.4 Å². The summed E-state index contributed by atoms with van der Waals surface area (Å²) in [6.07, 6.45) is 1.61. The van der Waals surface area contributed by atoms with E-state index in [4.69, 9.17) is 14.2 Å². The quantitative estimate of drug-likeness (QED) is 0.582. The molecule has 0 spiro atoms. The van der Waals surface area contributed by atoms with Crippen LogP contribution in [-0.4, -0.2) is 61.4 Å². The van der Waals surface area contributed by atoms with E-state index in [1.165, 1.54) is 4.90 Å². The third kappa shape index (κ3) is 4.32. The number of hydrogen-bond acceptors (Lipinski definition) is 9. The van der Waals surface area contributed by atoms with Crippen LogP contribution in [0.4, 0.5) is 16.4 Å². The summed E-state index contributed by atoms with van der Waals surface area (Å²) in [6, 6.07) is 7.44. The Kier molecular flexibility index (Phi) is 5.90. The molecule has 2 N–H and O–H groups in total. The van der Waals surface area contributed by atoms with Crippen LogP contribution in [0.25, 0.3) is 0 Å². The van der Waals surface area contributed by atoms with Crippen LogP contribution in [0.15, 0.2) is 18.2 Å². The maximum absolute atomic E-state index is 12.4. The highest BCUT2D eigenvalue weighted by Gasteiger charge is 2.34. The van der Waals surface area contributed by atoms with E-state index < -0.39 is 6.09 Å². The van der Waals surface area contributed by atoms with Crippen LogP contribution in [0.5, 0.6) is 11.6 Å². The number of ether oxygens (including phenoxy) is 3. The second-order valence-corrected chi connectivity index (χ2v) is 8.50. The van der Waals surface area contributed by atoms with Gasteiger partial charge in [0.05, 0.1) is 13.7 Å². The number of cyclic esters (lactones) is 1. The highest BCUT2D eigenvalue weighted by Crippen LogP contribution is 2.32. The first-order valence-corrected chi connectivity index (χ1v) is 11.1. The van der Waals surface area contributed by atoms with Gasteiger partial charge in [-0.15, -0.1) is 0 Å². The first-order valence-electron chi connectivity index (χ1n) is 11.1. The van der Waals surface area contributed by atoms with E-state index in [2.05, 4.69) is 26.7 Å². The minimum Gasteiger partial charge on any atom is -0.481 e. The Hall–Kier alpha value is -3.91. The Bertz CT molecular complexity index is 1180. The van der Waals surface area contributed by atoms with E-state index in [9.17, 15) is 14.9 Å². The monoisotopic (exact) mass is 464 g/mol. The molecule has 1 aliphatic carbocycles. The standard InChI is InChI=1S/C23H24N6O5/c1-32-21-8-14-6-13(7-16(14)17(9-24)26-21)10-25-5-4-15-11-29(23(31)34-15)19-3-2-18-22(27-19)28-20(30)12-33-18/h2-3,8,13,15,25H,4-7,10-12H2,1H3,(H,27,28,30). The van der Waals surface area contributed by atoms with Crippen LogP contribution in [0, 0.1) is 17.2 Å². The van der Waals surface area contributed by atoms with Crippen molar-refractivity contribution in [3.05, 3.63) is 35.0 Å². The summed E-state index contributed by atoms with van der Waals surface area (Å²) in [4.78, 5) is 34.0. The molecule has 2 aliphatic heterocycles. The lowest BCUT2D eigenvalue weighted by Gasteiger charge is -2.19. The maximum Gasteiger partial charge on any atom is 0.415 e. The number of fused-ring (bicyclic) bond motifs is 2. The fraction of sp³-hybridized carbons (Fsp3) is 0.435. The van der Waals surface area contributed by atoms with Crippen LogP contribution in [0.1, 0.15) is 23.2 Å². The molecule has 0 aromatic carbocycles. The van der Waals surface area contributed by atoms with Crippen molar-refractivity contribution in [3.63, 3.8) is 0 Å². The van der Waals surface area contributed by atoms with Gasteiger partial charge >= 0.3 is 6.09 Å². The molecule has 2 amide bonds. The molecule has 176 valence electrons. The lowest BCUT2D eigenvalue weighted by atomic mass is 10.1. The number of anilines is 2. The van der Waals surface area contributed by atoms with Crippen LogP contribution in [0.3, 0.4) is 0 Å². The van der Waals surface area contributed by atoms with Crippen LogP contribution in [0.2, 0.25) is 0 Å². The normalized spacial score (nSPS) is 20.6. The fourth-order valence-corrected chi connectivity index (χ4v) is 4.55. The zero-order valence-electron chi connectivity index (χ0n) is 18.7. The molecule has 2 atom stereocenters. The number of nitriles is 1. The Labute approximate surface area is 196 Å². The smallest absolute Gasteiger partial charge is 0.415 e. The molecular weight excluding hydrogens is 440 g/mol. The Balaban J connectivity index is 1.11. The van der Waals surface area contributed by atoms with Gasteiger partial charge in [0.2, 0.25) is 5.88 Å². The minimum absolute atomic E-state index is 0.0492. The van der Waals surface area contributed by atoms with Gasteiger partial charge in [0, 0.05) is 6.07 Å². The molecule has 0 bridgehead atoms. The van der Waals surface area contributed by atoms with Crippen molar-refractivity contribution in [1.29, 1.82) is 5.26 Å². The van der Waals surface area contributed by atoms with Gasteiger partial charge in [0.1, 0.15) is 23.7 Å². The van der Waals surface area contributed by atoms with Crippen LogP contribution >= 0.6 is 0 Å². The molecule has 2 aromatic rings. The van der Waals surface area contributed by atoms with Gasteiger partial charge in [-0.1, -0.05) is 0 Å². The lowest BCUT2D eigenvalue weighted by molar-refractivity contribution is -0.118. The van der Waals surface area contributed by atoms with Crippen molar-refractivity contribution in [2.75, 3.05) is 43.6 Å². The summed E-state index contributed by atoms with van der Waals surface area (Å²) < 4.78 is 16.0. The molecule has 2 aromatic heterocycles. The molecule has 0 radical (unpaired) electrons. The summed E-state index contributed by atoms with van der Waals surface area (Å²) in [5.41, 5.74) is 2.57. The largest absolute Gasteiger partial charge is 0.481 e. The molecule has 1 saturated heterocycles. The first-order chi connectivity index (χ1) is 16.5. The number of nitrogens with one attached hydrogen (secondary N) is 2. The summed E-state index contributed by atoms with van der Waals surface area (Å²) in [7, 11) is 1.55. The molecule has 2 unspecified atom stereocenters. The van der Waals surface area contributed by atoms with Crippen molar-refractivity contribution >= 4 is 23.6 Å². The van der Waals surface area contributed by atoms with E-state index in [1.54, 1.807) is 19.2 Å². The number of pyridine rings is 2. The van der Waals surface area contributed by atoms with Gasteiger partial charge < -0.3 is 24.8 Å². The highest BCUT2D eigenvalue weighted by molar-refractivity contribution is 5.95. The first kappa shape index (κ1) is 21.9. The molecule has 11 heteroatoms. The molecule has 0 saturated carbocycles. The number of nitrogens with zero attached hydrogens (tertiary/aromatic N) is 4. The molecule has 3 aliphatic rings. The van der Waals surface area contributed by atoms with Crippen molar-refractivity contribution in [3.8, 4) is 17.7 Å². The second kappa shape index (κ2) is 9.15. The predicted octanol–water partition coefficient (Wildman–Crippen LogP) is 1.41. The van der Waals surface area contributed by atoms with E-state index in [-0.39, 0.29) is 18.6 Å². The maximum atomic E-state index is 12.4. The molecule has 34 heavy (non-hydrogen) atoms.